The molecule has 28 heavy (non-hydrogen) atoms. The largest absolute Gasteiger partial charge is 0.497 e. The summed E-state index contributed by atoms with van der Waals surface area (Å²) >= 11 is 0. The number of rotatable bonds is 5. The van der Waals surface area contributed by atoms with Gasteiger partial charge in [-0.05, 0) is 55.3 Å². The minimum atomic E-state index is -0.178. The smallest absolute Gasteiger partial charge is 0.253 e. The highest BCUT2D eigenvalue weighted by molar-refractivity contribution is 5.99. The van der Waals surface area contributed by atoms with Crippen molar-refractivity contribution < 1.29 is 19.1 Å². The Hall–Kier alpha value is -3.15. The van der Waals surface area contributed by atoms with E-state index in [0.29, 0.717) is 42.7 Å². The summed E-state index contributed by atoms with van der Waals surface area (Å²) in [5, 5.41) is 2.69. The quantitative estimate of drug-likeness (QED) is 0.807. The average Bonchev–Trinajstić information content (AvgIpc) is 2.72. The standard InChI is InChI=1S/C22H24N2O4/c1-15(25)23-19-5-3-4-18(14-19)22(27)24-12-10-17(11-13-24)21(26)16-6-8-20(28-2)9-7-16/h3-9,14,17H,10-13H2,1-2H3,(H,23,25). The van der Waals surface area contributed by atoms with Crippen molar-refractivity contribution in [2.24, 2.45) is 5.92 Å². The number of carbonyl (C=O) groups is 3. The van der Waals surface area contributed by atoms with Gasteiger partial charge in [0.15, 0.2) is 5.78 Å². The van der Waals surface area contributed by atoms with Crippen LogP contribution < -0.4 is 10.1 Å². The molecule has 1 heterocycles. The first kappa shape index (κ1) is 19.6. The Morgan fingerprint density at radius 1 is 1.00 bits per heavy atom. The maximum Gasteiger partial charge on any atom is 0.253 e. The van der Waals surface area contributed by atoms with E-state index in [-0.39, 0.29) is 23.5 Å². The van der Waals surface area contributed by atoms with Gasteiger partial charge in [-0.15, -0.1) is 0 Å². The molecule has 0 radical (unpaired) electrons. The van der Waals surface area contributed by atoms with Gasteiger partial charge in [-0.3, -0.25) is 14.4 Å². The maximum absolute atomic E-state index is 12.8. The molecule has 0 bridgehead atoms. The fourth-order valence-electron chi connectivity index (χ4n) is 3.45. The number of Topliss-reactive ketones (excluding diaryl/α,β-unsaturated/α-hetero) is 1. The molecule has 146 valence electrons. The van der Waals surface area contributed by atoms with E-state index in [1.165, 1.54) is 6.92 Å². The molecule has 3 rings (SSSR count). The molecule has 2 aromatic rings. The third-order valence-corrected chi connectivity index (χ3v) is 4.96. The molecular weight excluding hydrogens is 356 g/mol. The van der Waals surface area contributed by atoms with Gasteiger partial charge in [0.2, 0.25) is 5.91 Å². The van der Waals surface area contributed by atoms with Gasteiger partial charge in [0.25, 0.3) is 5.91 Å². The summed E-state index contributed by atoms with van der Waals surface area (Å²) < 4.78 is 5.13. The Balaban J connectivity index is 1.60. The van der Waals surface area contributed by atoms with Crippen molar-refractivity contribution in [3.05, 3.63) is 59.7 Å². The molecule has 0 spiro atoms. The lowest BCUT2D eigenvalue weighted by Crippen LogP contribution is -2.40. The molecule has 2 aromatic carbocycles. The fraction of sp³-hybridized carbons (Fsp3) is 0.318. The van der Waals surface area contributed by atoms with E-state index < -0.39 is 0 Å². The Morgan fingerprint density at radius 2 is 1.68 bits per heavy atom. The summed E-state index contributed by atoms with van der Waals surface area (Å²) in [6.45, 7) is 2.50. The molecule has 0 saturated carbocycles. The summed E-state index contributed by atoms with van der Waals surface area (Å²) in [5.74, 6) is 0.494. The van der Waals surface area contributed by atoms with E-state index in [0.717, 1.165) is 5.75 Å². The van der Waals surface area contributed by atoms with Gasteiger partial charge in [0.05, 0.1) is 7.11 Å². The van der Waals surface area contributed by atoms with Crippen LogP contribution in [0.1, 0.15) is 40.5 Å². The fourth-order valence-corrected chi connectivity index (χ4v) is 3.45. The number of anilines is 1. The molecule has 1 aliphatic rings. The van der Waals surface area contributed by atoms with Crippen molar-refractivity contribution in [2.75, 3.05) is 25.5 Å². The first-order valence-corrected chi connectivity index (χ1v) is 9.33. The Bertz CT molecular complexity index is 868. The molecule has 6 nitrogen and oxygen atoms in total. The van der Waals surface area contributed by atoms with Crippen LogP contribution in [0.4, 0.5) is 5.69 Å². The minimum Gasteiger partial charge on any atom is -0.497 e. The van der Waals surface area contributed by atoms with Crippen molar-refractivity contribution in [1.29, 1.82) is 0 Å². The number of hydrogen-bond acceptors (Lipinski definition) is 4. The number of piperidine rings is 1. The molecule has 1 saturated heterocycles. The minimum absolute atomic E-state index is 0.0804. The predicted molar refractivity (Wildman–Crippen MR) is 107 cm³/mol. The molecule has 1 fully saturated rings. The highest BCUT2D eigenvalue weighted by Crippen LogP contribution is 2.24. The van der Waals surface area contributed by atoms with Crippen molar-refractivity contribution in [3.63, 3.8) is 0 Å². The highest BCUT2D eigenvalue weighted by Gasteiger charge is 2.28. The zero-order valence-electron chi connectivity index (χ0n) is 16.1. The van der Waals surface area contributed by atoms with Crippen LogP contribution in [0.2, 0.25) is 0 Å². The van der Waals surface area contributed by atoms with Crippen LogP contribution in [0.5, 0.6) is 5.75 Å². The SMILES string of the molecule is COc1ccc(C(=O)C2CCN(C(=O)c3cccc(NC(C)=O)c3)CC2)cc1. The van der Waals surface area contributed by atoms with Gasteiger partial charge in [-0.1, -0.05) is 6.07 Å². The van der Waals surface area contributed by atoms with Crippen LogP contribution in [0.15, 0.2) is 48.5 Å². The van der Waals surface area contributed by atoms with Crippen LogP contribution in [-0.2, 0) is 4.79 Å². The Morgan fingerprint density at radius 3 is 2.29 bits per heavy atom. The number of ether oxygens (including phenoxy) is 1. The monoisotopic (exact) mass is 380 g/mol. The second kappa shape index (κ2) is 8.69. The van der Waals surface area contributed by atoms with Crippen LogP contribution >= 0.6 is 0 Å². The summed E-state index contributed by atoms with van der Waals surface area (Å²) in [7, 11) is 1.59. The molecule has 0 aromatic heterocycles. The topological polar surface area (TPSA) is 75.7 Å². The van der Waals surface area contributed by atoms with Crippen LogP contribution in [0.3, 0.4) is 0 Å². The summed E-state index contributed by atoms with van der Waals surface area (Å²) in [6.07, 6.45) is 1.28. The van der Waals surface area contributed by atoms with Gasteiger partial charge < -0.3 is 15.0 Å². The molecular formula is C22H24N2O4. The molecule has 0 aliphatic carbocycles. The molecule has 1 aliphatic heterocycles. The number of benzene rings is 2. The first-order valence-electron chi connectivity index (χ1n) is 9.33. The van der Waals surface area contributed by atoms with E-state index in [1.807, 2.05) is 0 Å². The van der Waals surface area contributed by atoms with Gasteiger partial charge in [-0.2, -0.15) is 0 Å². The number of nitrogens with one attached hydrogen (secondary N) is 1. The van der Waals surface area contributed by atoms with E-state index in [4.69, 9.17) is 4.74 Å². The lowest BCUT2D eigenvalue weighted by molar-refractivity contribution is -0.114. The number of carbonyl (C=O) groups excluding carboxylic acids is 3. The van der Waals surface area contributed by atoms with Crippen molar-refractivity contribution >= 4 is 23.3 Å². The van der Waals surface area contributed by atoms with Crippen LogP contribution in [0, 0.1) is 5.92 Å². The summed E-state index contributed by atoms with van der Waals surface area (Å²) in [4.78, 5) is 38.4. The van der Waals surface area contributed by atoms with Gasteiger partial charge >= 0.3 is 0 Å². The van der Waals surface area contributed by atoms with Crippen molar-refractivity contribution in [3.8, 4) is 5.75 Å². The molecule has 1 N–H and O–H groups in total. The second-order valence-electron chi connectivity index (χ2n) is 6.92. The van der Waals surface area contributed by atoms with Gasteiger partial charge in [0.1, 0.15) is 5.75 Å². The molecule has 0 unspecified atom stereocenters. The van der Waals surface area contributed by atoms with Crippen LogP contribution in [-0.4, -0.2) is 42.7 Å². The molecule has 6 heteroatoms. The normalized spacial score (nSPS) is 14.4. The van der Waals surface area contributed by atoms with E-state index in [9.17, 15) is 14.4 Å². The number of hydrogen-bond donors (Lipinski definition) is 1. The van der Waals surface area contributed by atoms with Gasteiger partial charge in [0, 0.05) is 42.7 Å². The highest BCUT2D eigenvalue weighted by atomic mass is 16.5. The number of likely N-dealkylation sites (tertiary alicyclic amines) is 1. The zero-order chi connectivity index (χ0) is 20.1. The lowest BCUT2D eigenvalue weighted by atomic mass is 9.88. The number of nitrogens with zero attached hydrogens (tertiary/aromatic N) is 1. The lowest BCUT2D eigenvalue weighted by Gasteiger charge is -2.31. The number of amides is 2. The van der Waals surface area contributed by atoms with Crippen molar-refractivity contribution in [1.82, 2.24) is 4.90 Å². The number of methoxy groups -OCH3 is 1. The molecule has 2 amide bonds. The van der Waals surface area contributed by atoms with E-state index in [1.54, 1.807) is 60.5 Å². The van der Waals surface area contributed by atoms with E-state index in [2.05, 4.69) is 5.32 Å². The number of ketones is 1. The van der Waals surface area contributed by atoms with Crippen molar-refractivity contribution in [2.45, 2.75) is 19.8 Å². The van der Waals surface area contributed by atoms with Gasteiger partial charge in [-0.25, -0.2) is 0 Å². The third kappa shape index (κ3) is 4.57. The van der Waals surface area contributed by atoms with Crippen LogP contribution in [0.25, 0.3) is 0 Å². The second-order valence-corrected chi connectivity index (χ2v) is 6.92. The maximum atomic E-state index is 12.8. The zero-order valence-corrected chi connectivity index (χ0v) is 16.1. The third-order valence-electron chi connectivity index (χ3n) is 4.96. The Labute approximate surface area is 164 Å². The summed E-state index contributed by atoms with van der Waals surface area (Å²) in [5.41, 5.74) is 1.81. The average molecular weight is 380 g/mol. The van der Waals surface area contributed by atoms with E-state index >= 15 is 0 Å². The predicted octanol–water partition coefficient (Wildman–Crippen LogP) is 3.39. The summed E-state index contributed by atoms with van der Waals surface area (Å²) in [6, 6.07) is 14.1. The molecule has 0 atom stereocenters. The first-order chi connectivity index (χ1) is 13.5. The Kier molecular flexibility index (Phi) is 6.09.